The van der Waals surface area contributed by atoms with E-state index in [1.807, 2.05) is 12.1 Å². The molecule has 5 rings (SSSR count). The summed E-state index contributed by atoms with van der Waals surface area (Å²) in [5.41, 5.74) is 2.80. The summed E-state index contributed by atoms with van der Waals surface area (Å²) in [7, 11) is -0.889. The molecule has 0 spiro atoms. The number of hydrogen-bond acceptors (Lipinski definition) is 5. The molecule has 3 heterocycles. The zero-order valence-electron chi connectivity index (χ0n) is 19.2. The van der Waals surface area contributed by atoms with E-state index in [4.69, 9.17) is 4.74 Å². The van der Waals surface area contributed by atoms with Crippen LogP contribution in [-0.4, -0.2) is 37.2 Å². The average Bonchev–Trinajstić information content (AvgIpc) is 3.32. The van der Waals surface area contributed by atoms with Gasteiger partial charge in [0.2, 0.25) is 0 Å². The van der Waals surface area contributed by atoms with Crippen LogP contribution in [0.25, 0.3) is 16.5 Å². The number of rotatable bonds is 4. The summed E-state index contributed by atoms with van der Waals surface area (Å²) >= 11 is 0. The third kappa shape index (κ3) is 4.13. The molecule has 0 saturated carbocycles. The lowest BCUT2D eigenvalue weighted by Crippen LogP contribution is -2.20. The Morgan fingerprint density at radius 2 is 2.03 bits per heavy atom. The van der Waals surface area contributed by atoms with Gasteiger partial charge in [-0.25, -0.2) is 18.2 Å². The predicted octanol–water partition coefficient (Wildman–Crippen LogP) is 4.79. The van der Waals surface area contributed by atoms with Crippen LogP contribution < -0.4 is 10.2 Å². The first kappa shape index (κ1) is 23.6. The molecule has 0 aliphatic carbocycles. The van der Waals surface area contributed by atoms with Crippen molar-refractivity contribution in [2.24, 2.45) is 4.99 Å². The molecule has 0 fully saturated rings. The van der Waals surface area contributed by atoms with Gasteiger partial charge in [0.15, 0.2) is 5.49 Å². The first-order valence-corrected chi connectivity index (χ1v) is 12.8. The molecule has 35 heavy (non-hydrogen) atoms. The number of halogens is 3. The molecule has 10 heteroatoms. The molecular formula is C25H24F3N3O3S. The van der Waals surface area contributed by atoms with E-state index in [0.29, 0.717) is 47.6 Å². The van der Waals surface area contributed by atoms with Crippen LogP contribution in [0.2, 0.25) is 0 Å². The van der Waals surface area contributed by atoms with E-state index in [1.165, 1.54) is 12.1 Å². The second-order valence-electron chi connectivity index (χ2n) is 8.67. The molecule has 3 aromatic rings. The molecule has 0 amide bonds. The van der Waals surface area contributed by atoms with Crippen LogP contribution >= 0.6 is 0 Å². The zero-order chi connectivity index (χ0) is 24.9. The van der Waals surface area contributed by atoms with Crippen LogP contribution in [0, 0.1) is 12.7 Å². The van der Waals surface area contributed by atoms with Crippen LogP contribution in [0.15, 0.2) is 35.3 Å². The first-order valence-electron chi connectivity index (χ1n) is 11.3. The van der Waals surface area contributed by atoms with Crippen molar-refractivity contribution < 1.29 is 27.3 Å². The number of allylic oxidation sites excluding steroid dienone is 1. The first-order chi connectivity index (χ1) is 16.8. The van der Waals surface area contributed by atoms with E-state index >= 15 is 0 Å². The van der Waals surface area contributed by atoms with Crippen molar-refractivity contribution in [3.63, 3.8) is 0 Å². The molecular weight excluding hydrogens is 479 g/mol. The molecule has 1 aromatic heterocycles. The number of aryl methyl sites for hydroxylation is 1. The summed E-state index contributed by atoms with van der Waals surface area (Å²) in [5.74, 6) is 0.989. The van der Waals surface area contributed by atoms with E-state index in [2.05, 4.69) is 9.98 Å². The molecule has 184 valence electrons. The molecule has 1 unspecified atom stereocenters. The third-order valence-electron chi connectivity index (χ3n) is 6.49. The van der Waals surface area contributed by atoms with Gasteiger partial charge in [0, 0.05) is 50.8 Å². The van der Waals surface area contributed by atoms with Gasteiger partial charge in [-0.05, 0) is 31.9 Å². The van der Waals surface area contributed by atoms with Crippen molar-refractivity contribution in [2.75, 3.05) is 18.1 Å². The molecule has 2 atom stereocenters. The van der Waals surface area contributed by atoms with Gasteiger partial charge in [0.25, 0.3) is 6.43 Å². The molecule has 2 aromatic carbocycles. The van der Waals surface area contributed by atoms with Gasteiger partial charge in [0.05, 0.1) is 23.7 Å². The fourth-order valence-corrected chi connectivity index (χ4v) is 5.70. The van der Waals surface area contributed by atoms with Gasteiger partial charge in [0.1, 0.15) is 17.4 Å². The molecule has 1 N–H and O–H groups in total. The normalized spacial score (nSPS) is 19.1. The van der Waals surface area contributed by atoms with E-state index in [1.54, 1.807) is 13.8 Å². The Bertz CT molecular complexity index is 1470. The molecule has 0 bridgehead atoms. The van der Waals surface area contributed by atoms with Crippen LogP contribution in [-0.2, 0) is 17.2 Å². The minimum absolute atomic E-state index is 0.0401. The zero-order valence-corrected chi connectivity index (χ0v) is 20.0. The van der Waals surface area contributed by atoms with Crippen molar-refractivity contribution in [1.82, 2.24) is 9.71 Å². The van der Waals surface area contributed by atoms with Gasteiger partial charge >= 0.3 is 0 Å². The van der Waals surface area contributed by atoms with Gasteiger partial charge in [-0.2, -0.15) is 4.73 Å². The lowest BCUT2D eigenvalue weighted by Gasteiger charge is -2.19. The quantitative estimate of drug-likeness (QED) is 0.520. The number of benzene rings is 2. The lowest BCUT2D eigenvalue weighted by atomic mass is 9.96. The number of ether oxygens (including phenoxy) is 1. The predicted molar refractivity (Wildman–Crippen MR) is 127 cm³/mol. The monoisotopic (exact) mass is 503 g/mol. The van der Waals surface area contributed by atoms with Crippen LogP contribution in [0.4, 0.5) is 13.2 Å². The van der Waals surface area contributed by atoms with Crippen molar-refractivity contribution in [2.45, 2.75) is 39.2 Å². The number of nitrogens with zero attached hydrogens (tertiary/aromatic N) is 3. The highest BCUT2D eigenvalue weighted by atomic mass is 32.2. The Morgan fingerprint density at radius 3 is 2.74 bits per heavy atom. The maximum absolute atomic E-state index is 14.8. The Kier molecular flexibility index (Phi) is 6.16. The van der Waals surface area contributed by atoms with E-state index in [-0.39, 0.29) is 16.9 Å². The highest BCUT2D eigenvalue weighted by Crippen LogP contribution is 2.40. The van der Waals surface area contributed by atoms with Crippen LogP contribution in [0.3, 0.4) is 0 Å². The summed E-state index contributed by atoms with van der Waals surface area (Å²) in [4.78, 5) is 9.06. The standard InChI is InChI=1S/C25H24F3N3O3S/c1-13(16-4-3-5-17(21(16)26)24(27)28)29-25-20-12-19(15-7-10-35(33)11-8-15)23-18(6-9-34-23)22(20)31(32)14(2)30-25/h3-5,7,12-13,24,32H,6,8-11H2,1-2H3/t13-,35?/m1/s1. The van der Waals surface area contributed by atoms with Gasteiger partial charge in [-0.1, -0.05) is 24.3 Å². The van der Waals surface area contributed by atoms with Gasteiger partial charge in [-0.15, -0.1) is 0 Å². The van der Waals surface area contributed by atoms with E-state index in [9.17, 15) is 22.6 Å². The fraction of sp³-hybridized carbons (Fsp3) is 0.360. The van der Waals surface area contributed by atoms with Crippen LogP contribution in [0.1, 0.15) is 53.9 Å². The van der Waals surface area contributed by atoms with Crippen molar-refractivity contribution in [3.8, 4) is 5.75 Å². The Balaban J connectivity index is 1.75. The summed E-state index contributed by atoms with van der Waals surface area (Å²) in [6.45, 7) is 3.69. The number of fused-ring (bicyclic) bond motifs is 3. The number of alkyl halides is 2. The van der Waals surface area contributed by atoms with E-state index < -0.39 is 34.6 Å². The van der Waals surface area contributed by atoms with Crippen molar-refractivity contribution >= 4 is 27.3 Å². The maximum Gasteiger partial charge on any atom is 0.266 e. The number of hydrogen-bond donors (Lipinski definition) is 1. The van der Waals surface area contributed by atoms with Crippen LogP contribution in [0.5, 0.6) is 5.75 Å². The summed E-state index contributed by atoms with van der Waals surface area (Å²) in [6.07, 6.45) is 0.211. The molecule has 0 radical (unpaired) electrons. The maximum atomic E-state index is 14.8. The fourth-order valence-electron chi connectivity index (χ4n) is 4.69. The Hall–Kier alpha value is -3.14. The van der Waals surface area contributed by atoms with Gasteiger partial charge in [-0.3, -0.25) is 9.20 Å². The molecule has 2 aliphatic rings. The smallest absolute Gasteiger partial charge is 0.266 e. The summed E-state index contributed by atoms with van der Waals surface area (Å²) in [6, 6.07) is 4.92. The SMILES string of the molecule is Cc1nc(=N[C@H](C)c2cccc(C(F)F)c2F)c2cc(C3=CCS(=O)CC3)c3c(c2n1O)CCO3. The van der Waals surface area contributed by atoms with Gasteiger partial charge < -0.3 is 9.94 Å². The second-order valence-corrected chi connectivity index (χ2v) is 10.3. The Morgan fingerprint density at radius 1 is 1.26 bits per heavy atom. The highest BCUT2D eigenvalue weighted by Gasteiger charge is 2.27. The summed E-state index contributed by atoms with van der Waals surface area (Å²) < 4.78 is 60.1. The van der Waals surface area contributed by atoms with Crippen molar-refractivity contribution in [1.29, 1.82) is 0 Å². The van der Waals surface area contributed by atoms with E-state index in [0.717, 1.165) is 27.5 Å². The largest absolute Gasteiger partial charge is 0.492 e. The topological polar surface area (TPSA) is 76.7 Å². The molecule has 0 saturated heterocycles. The average molecular weight is 504 g/mol. The highest BCUT2D eigenvalue weighted by molar-refractivity contribution is 7.85. The third-order valence-corrected chi connectivity index (χ3v) is 7.69. The number of aromatic nitrogens is 2. The second kappa shape index (κ2) is 9.14. The Labute approximate surface area is 202 Å². The molecule has 6 nitrogen and oxygen atoms in total. The molecule has 2 aliphatic heterocycles. The minimum Gasteiger partial charge on any atom is -0.492 e. The summed E-state index contributed by atoms with van der Waals surface area (Å²) in [5, 5.41) is 11.4. The van der Waals surface area contributed by atoms with Crippen molar-refractivity contribution in [3.05, 3.63) is 69.7 Å². The lowest BCUT2D eigenvalue weighted by molar-refractivity contribution is 0.146. The minimum atomic E-state index is -2.93.